The monoisotopic (exact) mass is 236 g/mol. The van der Waals surface area contributed by atoms with Crippen LogP contribution >= 0.6 is 0 Å². The molecule has 0 aliphatic heterocycles. The summed E-state index contributed by atoms with van der Waals surface area (Å²) in [5.41, 5.74) is 0.613. The van der Waals surface area contributed by atoms with E-state index >= 15 is 0 Å². The lowest BCUT2D eigenvalue weighted by Crippen LogP contribution is -2.33. The molecule has 0 radical (unpaired) electrons. The van der Waals surface area contributed by atoms with Gasteiger partial charge < -0.3 is 10.4 Å². The van der Waals surface area contributed by atoms with E-state index in [1.54, 1.807) is 6.07 Å². The van der Waals surface area contributed by atoms with Crippen molar-refractivity contribution in [2.75, 3.05) is 11.9 Å². The topological polar surface area (TPSA) is 62.5 Å². The fraction of sp³-hybridized carbons (Fsp3) is 0.455. The summed E-state index contributed by atoms with van der Waals surface area (Å²) in [6.07, 6.45) is 2.80. The SMILES string of the molecule is OC1CC(CNc2nc3ccc(F)cn3n2)C1. The first kappa shape index (κ1) is 10.5. The Balaban J connectivity index is 1.68. The third-order valence-corrected chi connectivity index (χ3v) is 3.05. The Morgan fingerprint density at radius 1 is 1.47 bits per heavy atom. The predicted molar refractivity (Wildman–Crippen MR) is 60.2 cm³/mol. The van der Waals surface area contributed by atoms with Crippen molar-refractivity contribution in [3.05, 3.63) is 24.1 Å². The van der Waals surface area contributed by atoms with E-state index in [0.29, 0.717) is 17.5 Å². The minimum Gasteiger partial charge on any atom is -0.393 e. The van der Waals surface area contributed by atoms with Crippen LogP contribution in [-0.2, 0) is 0 Å². The maximum absolute atomic E-state index is 12.9. The number of anilines is 1. The van der Waals surface area contributed by atoms with Gasteiger partial charge in [0.2, 0.25) is 5.95 Å². The van der Waals surface area contributed by atoms with Gasteiger partial charge >= 0.3 is 0 Å². The van der Waals surface area contributed by atoms with Crippen molar-refractivity contribution < 1.29 is 9.50 Å². The molecular formula is C11H13FN4O. The van der Waals surface area contributed by atoms with E-state index in [0.717, 1.165) is 19.4 Å². The molecule has 0 amide bonds. The first-order valence-electron chi connectivity index (χ1n) is 5.64. The van der Waals surface area contributed by atoms with Gasteiger partial charge in [-0.05, 0) is 30.9 Å². The quantitative estimate of drug-likeness (QED) is 0.836. The van der Waals surface area contributed by atoms with Gasteiger partial charge in [0.25, 0.3) is 0 Å². The van der Waals surface area contributed by atoms with Crippen LogP contribution in [-0.4, -0.2) is 32.4 Å². The molecule has 0 saturated heterocycles. The summed E-state index contributed by atoms with van der Waals surface area (Å²) >= 11 is 0. The highest BCUT2D eigenvalue weighted by molar-refractivity contribution is 5.43. The summed E-state index contributed by atoms with van der Waals surface area (Å²) in [6.45, 7) is 0.746. The first-order valence-corrected chi connectivity index (χ1v) is 5.64. The second-order valence-electron chi connectivity index (χ2n) is 4.46. The Labute approximate surface area is 97.3 Å². The molecule has 0 bridgehead atoms. The number of nitrogens with zero attached hydrogens (tertiary/aromatic N) is 3. The molecule has 1 saturated carbocycles. The Morgan fingerprint density at radius 3 is 3.06 bits per heavy atom. The summed E-state index contributed by atoms with van der Waals surface area (Å²) in [6, 6.07) is 2.94. The number of aliphatic hydroxyl groups excluding tert-OH is 1. The summed E-state index contributed by atoms with van der Waals surface area (Å²) in [5, 5.41) is 16.4. The van der Waals surface area contributed by atoms with E-state index in [1.165, 1.54) is 16.8 Å². The second kappa shape index (κ2) is 3.96. The fourth-order valence-corrected chi connectivity index (χ4v) is 2.04. The summed E-state index contributed by atoms with van der Waals surface area (Å²) in [7, 11) is 0. The molecule has 0 unspecified atom stereocenters. The molecule has 0 spiro atoms. The van der Waals surface area contributed by atoms with Crippen LogP contribution in [0, 0.1) is 11.7 Å². The van der Waals surface area contributed by atoms with E-state index in [9.17, 15) is 4.39 Å². The Morgan fingerprint density at radius 2 is 2.29 bits per heavy atom. The van der Waals surface area contributed by atoms with Gasteiger partial charge in [0, 0.05) is 6.54 Å². The predicted octanol–water partition coefficient (Wildman–Crippen LogP) is 1.05. The van der Waals surface area contributed by atoms with Crippen LogP contribution in [0.2, 0.25) is 0 Å². The highest BCUT2D eigenvalue weighted by Crippen LogP contribution is 2.26. The zero-order valence-electron chi connectivity index (χ0n) is 9.17. The molecule has 2 aromatic rings. The van der Waals surface area contributed by atoms with E-state index in [2.05, 4.69) is 15.4 Å². The van der Waals surface area contributed by atoms with Gasteiger partial charge in [0.1, 0.15) is 5.82 Å². The Kier molecular flexibility index (Phi) is 2.44. The largest absolute Gasteiger partial charge is 0.393 e. The number of rotatable bonds is 3. The third-order valence-electron chi connectivity index (χ3n) is 3.05. The van der Waals surface area contributed by atoms with E-state index in [1.807, 2.05) is 0 Å². The van der Waals surface area contributed by atoms with Crippen molar-refractivity contribution >= 4 is 11.6 Å². The molecule has 5 nitrogen and oxygen atoms in total. The average Bonchev–Trinajstić information content (AvgIpc) is 2.64. The Hall–Kier alpha value is -1.69. The number of pyridine rings is 1. The molecule has 1 aliphatic rings. The summed E-state index contributed by atoms with van der Waals surface area (Å²) < 4.78 is 14.3. The van der Waals surface area contributed by atoms with Gasteiger partial charge in [-0.2, -0.15) is 4.98 Å². The van der Waals surface area contributed by atoms with Crippen molar-refractivity contribution in [2.24, 2.45) is 5.92 Å². The standard InChI is InChI=1S/C11H13FN4O/c12-8-1-2-10-14-11(15-16(10)6-8)13-5-7-3-9(17)4-7/h1-2,6-7,9,17H,3-5H2,(H,13,15). The zero-order valence-corrected chi connectivity index (χ0v) is 9.17. The minimum atomic E-state index is -0.337. The second-order valence-corrected chi connectivity index (χ2v) is 4.46. The van der Waals surface area contributed by atoms with E-state index in [-0.39, 0.29) is 11.9 Å². The number of aromatic nitrogens is 3. The number of hydrogen-bond acceptors (Lipinski definition) is 4. The number of fused-ring (bicyclic) bond motifs is 1. The molecular weight excluding hydrogens is 223 g/mol. The molecule has 1 aliphatic carbocycles. The number of nitrogens with one attached hydrogen (secondary N) is 1. The third kappa shape index (κ3) is 2.08. The smallest absolute Gasteiger partial charge is 0.243 e. The number of hydrogen-bond donors (Lipinski definition) is 2. The van der Waals surface area contributed by atoms with Crippen LogP contribution in [0.25, 0.3) is 5.65 Å². The number of aliphatic hydroxyl groups is 1. The molecule has 2 aromatic heterocycles. The summed E-state index contributed by atoms with van der Waals surface area (Å²) in [4.78, 5) is 4.21. The minimum absolute atomic E-state index is 0.148. The molecule has 0 atom stereocenters. The van der Waals surface area contributed by atoms with Crippen LogP contribution < -0.4 is 5.32 Å². The highest BCUT2D eigenvalue weighted by Gasteiger charge is 2.26. The van der Waals surface area contributed by atoms with Crippen LogP contribution in [0.1, 0.15) is 12.8 Å². The maximum atomic E-state index is 12.9. The lowest BCUT2D eigenvalue weighted by atomic mass is 9.82. The van der Waals surface area contributed by atoms with Gasteiger partial charge in [-0.15, -0.1) is 5.10 Å². The van der Waals surface area contributed by atoms with E-state index < -0.39 is 0 Å². The molecule has 90 valence electrons. The lowest BCUT2D eigenvalue weighted by Gasteiger charge is -2.31. The van der Waals surface area contributed by atoms with Crippen molar-refractivity contribution in [2.45, 2.75) is 18.9 Å². The normalized spacial score (nSPS) is 23.6. The molecule has 2 N–H and O–H groups in total. The van der Waals surface area contributed by atoms with Crippen molar-refractivity contribution in [3.8, 4) is 0 Å². The fourth-order valence-electron chi connectivity index (χ4n) is 2.04. The van der Waals surface area contributed by atoms with Crippen molar-refractivity contribution in [3.63, 3.8) is 0 Å². The maximum Gasteiger partial charge on any atom is 0.243 e. The van der Waals surface area contributed by atoms with Gasteiger partial charge in [-0.1, -0.05) is 0 Å². The van der Waals surface area contributed by atoms with Gasteiger partial charge in [-0.3, -0.25) is 0 Å². The van der Waals surface area contributed by atoms with Crippen LogP contribution in [0.15, 0.2) is 18.3 Å². The molecule has 6 heteroatoms. The highest BCUT2D eigenvalue weighted by atomic mass is 19.1. The molecule has 17 heavy (non-hydrogen) atoms. The van der Waals surface area contributed by atoms with Gasteiger partial charge in [0.15, 0.2) is 5.65 Å². The van der Waals surface area contributed by atoms with Crippen molar-refractivity contribution in [1.29, 1.82) is 0 Å². The van der Waals surface area contributed by atoms with Crippen molar-refractivity contribution in [1.82, 2.24) is 14.6 Å². The van der Waals surface area contributed by atoms with Crippen LogP contribution in [0.5, 0.6) is 0 Å². The summed E-state index contributed by atoms with van der Waals surface area (Å²) in [5.74, 6) is 0.640. The Bertz CT molecular complexity index is 535. The zero-order chi connectivity index (χ0) is 11.8. The van der Waals surface area contributed by atoms with Gasteiger partial charge in [-0.25, -0.2) is 8.91 Å². The molecule has 1 fully saturated rings. The molecule has 2 heterocycles. The molecule has 0 aromatic carbocycles. The lowest BCUT2D eigenvalue weighted by molar-refractivity contribution is 0.0486. The molecule has 3 rings (SSSR count). The first-order chi connectivity index (χ1) is 8.20. The van der Waals surface area contributed by atoms with Crippen LogP contribution in [0.3, 0.4) is 0 Å². The van der Waals surface area contributed by atoms with Gasteiger partial charge in [0.05, 0.1) is 12.3 Å². The number of halogens is 1. The van der Waals surface area contributed by atoms with E-state index in [4.69, 9.17) is 5.11 Å². The average molecular weight is 236 g/mol. The van der Waals surface area contributed by atoms with Crippen LogP contribution in [0.4, 0.5) is 10.3 Å².